The summed E-state index contributed by atoms with van der Waals surface area (Å²) in [6.45, 7) is 4.61. The van der Waals surface area contributed by atoms with Crippen molar-refractivity contribution in [2.24, 2.45) is 11.8 Å². The van der Waals surface area contributed by atoms with Crippen molar-refractivity contribution in [2.75, 3.05) is 5.32 Å². The van der Waals surface area contributed by atoms with E-state index in [2.05, 4.69) is 12.2 Å². The van der Waals surface area contributed by atoms with Gasteiger partial charge in [0.15, 0.2) is 0 Å². The number of rotatable bonds is 5. The van der Waals surface area contributed by atoms with Crippen molar-refractivity contribution in [3.05, 3.63) is 59.7 Å². The van der Waals surface area contributed by atoms with Crippen molar-refractivity contribution in [1.82, 2.24) is 0 Å². The van der Waals surface area contributed by atoms with Gasteiger partial charge in [0.2, 0.25) is 5.91 Å². The topological polar surface area (TPSA) is 38.3 Å². The molecule has 0 radical (unpaired) electrons. The number of benzene rings is 2. The van der Waals surface area contributed by atoms with Crippen LogP contribution in [0.1, 0.15) is 24.5 Å². The molecule has 114 valence electrons. The zero-order chi connectivity index (χ0) is 15.5. The second kappa shape index (κ2) is 6.22. The summed E-state index contributed by atoms with van der Waals surface area (Å²) in [5.41, 5.74) is 2.98. The number of hydrogen-bond acceptors (Lipinski definition) is 2. The highest BCUT2D eigenvalue weighted by molar-refractivity contribution is 5.95. The molecule has 2 atom stereocenters. The molecule has 2 aromatic rings. The predicted molar refractivity (Wildman–Crippen MR) is 87.9 cm³/mol. The zero-order valence-electron chi connectivity index (χ0n) is 13.0. The molecule has 3 nitrogen and oxygen atoms in total. The van der Waals surface area contributed by atoms with Gasteiger partial charge in [-0.2, -0.15) is 0 Å². The molecule has 2 aromatic carbocycles. The normalized spacial score (nSPS) is 19.5. The summed E-state index contributed by atoms with van der Waals surface area (Å²) in [5.74, 6) is 1.48. The van der Waals surface area contributed by atoms with Crippen molar-refractivity contribution < 1.29 is 9.53 Å². The van der Waals surface area contributed by atoms with E-state index in [1.54, 1.807) is 0 Å². The summed E-state index contributed by atoms with van der Waals surface area (Å²) in [6.07, 6.45) is 0.984. The van der Waals surface area contributed by atoms with Crippen LogP contribution < -0.4 is 10.1 Å². The van der Waals surface area contributed by atoms with Crippen LogP contribution in [0.2, 0.25) is 0 Å². The Hall–Kier alpha value is -2.29. The van der Waals surface area contributed by atoms with Crippen LogP contribution in [0.5, 0.6) is 5.75 Å². The standard InChI is InChI=1S/C19H21NO2/c1-13-8-9-17(20-19(21)16-11-14(16)2)18(10-13)22-12-15-6-4-3-5-7-15/h3-10,14,16H,11-12H2,1-2H3,(H,20,21)/t14-,16+/m1/s1. The Bertz CT molecular complexity index is 666. The van der Waals surface area contributed by atoms with Gasteiger partial charge in [-0.1, -0.05) is 43.3 Å². The maximum atomic E-state index is 12.1. The number of nitrogens with one attached hydrogen (secondary N) is 1. The molecule has 0 unspecified atom stereocenters. The van der Waals surface area contributed by atoms with E-state index >= 15 is 0 Å². The van der Waals surface area contributed by atoms with Gasteiger partial charge in [0.05, 0.1) is 5.69 Å². The smallest absolute Gasteiger partial charge is 0.227 e. The average molecular weight is 295 g/mol. The molecule has 1 amide bonds. The third-order valence-electron chi connectivity index (χ3n) is 4.08. The van der Waals surface area contributed by atoms with Crippen LogP contribution in [0.15, 0.2) is 48.5 Å². The van der Waals surface area contributed by atoms with Crippen molar-refractivity contribution in [3.63, 3.8) is 0 Å². The van der Waals surface area contributed by atoms with Crippen LogP contribution in [-0.2, 0) is 11.4 Å². The molecule has 1 fully saturated rings. The summed E-state index contributed by atoms with van der Waals surface area (Å²) in [6, 6.07) is 15.9. The lowest BCUT2D eigenvalue weighted by atomic mass is 10.2. The van der Waals surface area contributed by atoms with E-state index in [0.717, 1.165) is 29.0 Å². The Morgan fingerprint density at radius 1 is 1.23 bits per heavy atom. The molecule has 0 heterocycles. The largest absolute Gasteiger partial charge is 0.487 e. The van der Waals surface area contributed by atoms with Crippen molar-refractivity contribution >= 4 is 11.6 Å². The minimum absolute atomic E-state index is 0.0981. The molecule has 1 aliphatic rings. The van der Waals surface area contributed by atoms with Gasteiger partial charge in [0.1, 0.15) is 12.4 Å². The zero-order valence-corrected chi connectivity index (χ0v) is 13.0. The third kappa shape index (κ3) is 3.48. The number of carbonyl (C=O) groups excluding carboxylic acids is 1. The summed E-state index contributed by atoms with van der Waals surface area (Å²) < 4.78 is 5.92. The predicted octanol–water partition coefficient (Wildman–Crippen LogP) is 4.17. The van der Waals surface area contributed by atoms with Gasteiger partial charge in [-0.3, -0.25) is 4.79 Å². The van der Waals surface area contributed by atoms with Gasteiger partial charge < -0.3 is 10.1 Å². The van der Waals surface area contributed by atoms with Crippen LogP contribution >= 0.6 is 0 Å². The van der Waals surface area contributed by atoms with E-state index in [1.165, 1.54) is 0 Å². The second-order valence-electron chi connectivity index (χ2n) is 6.08. The molecular weight excluding hydrogens is 274 g/mol. The quantitative estimate of drug-likeness (QED) is 0.899. The molecule has 0 aliphatic heterocycles. The molecule has 22 heavy (non-hydrogen) atoms. The van der Waals surface area contributed by atoms with Gasteiger partial charge in [-0.25, -0.2) is 0 Å². The van der Waals surface area contributed by atoms with Gasteiger partial charge in [-0.15, -0.1) is 0 Å². The molecule has 0 spiro atoms. The fraction of sp³-hybridized carbons (Fsp3) is 0.316. The van der Waals surface area contributed by atoms with Gasteiger partial charge in [0, 0.05) is 5.92 Å². The summed E-state index contributed by atoms with van der Waals surface area (Å²) in [4.78, 5) is 12.1. The molecular formula is C19H21NO2. The number of aryl methyl sites for hydroxylation is 1. The molecule has 0 aromatic heterocycles. The molecule has 0 saturated heterocycles. The molecule has 1 saturated carbocycles. The van der Waals surface area contributed by atoms with Crippen LogP contribution in [0.4, 0.5) is 5.69 Å². The first kappa shape index (κ1) is 14.6. The monoisotopic (exact) mass is 295 g/mol. The van der Waals surface area contributed by atoms with E-state index in [4.69, 9.17) is 4.74 Å². The molecule has 0 bridgehead atoms. The molecule has 1 N–H and O–H groups in total. The van der Waals surface area contributed by atoms with Crippen molar-refractivity contribution in [2.45, 2.75) is 26.9 Å². The number of carbonyl (C=O) groups is 1. The van der Waals surface area contributed by atoms with E-state index < -0.39 is 0 Å². The lowest BCUT2D eigenvalue weighted by Gasteiger charge is -2.13. The Kier molecular flexibility index (Phi) is 4.14. The number of anilines is 1. The molecule has 1 aliphatic carbocycles. The first-order valence-corrected chi connectivity index (χ1v) is 7.72. The van der Waals surface area contributed by atoms with Crippen LogP contribution in [0, 0.1) is 18.8 Å². The maximum absolute atomic E-state index is 12.1. The van der Waals surface area contributed by atoms with E-state index in [-0.39, 0.29) is 11.8 Å². The van der Waals surface area contributed by atoms with Crippen molar-refractivity contribution in [3.8, 4) is 5.75 Å². The highest BCUT2D eigenvalue weighted by atomic mass is 16.5. The fourth-order valence-corrected chi connectivity index (χ4v) is 2.50. The van der Waals surface area contributed by atoms with Crippen LogP contribution in [-0.4, -0.2) is 5.91 Å². The van der Waals surface area contributed by atoms with Gasteiger partial charge in [0.25, 0.3) is 0 Å². The number of hydrogen-bond donors (Lipinski definition) is 1. The van der Waals surface area contributed by atoms with E-state index in [0.29, 0.717) is 12.5 Å². The molecule has 3 heteroatoms. The Morgan fingerprint density at radius 2 is 1.95 bits per heavy atom. The fourth-order valence-electron chi connectivity index (χ4n) is 2.50. The van der Waals surface area contributed by atoms with Gasteiger partial charge in [-0.05, 0) is 42.5 Å². The second-order valence-corrected chi connectivity index (χ2v) is 6.08. The van der Waals surface area contributed by atoms with Crippen LogP contribution in [0.25, 0.3) is 0 Å². The number of amides is 1. The van der Waals surface area contributed by atoms with Crippen molar-refractivity contribution in [1.29, 1.82) is 0 Å². The highest BCUT2D eigenvalue weighted by Crippen LogP contribution is 2.39. The Labute approximate surface area is 131 Å². The highest BCUT2D eigenvalue weighted by Gasteiger charge is 2.39. The average Bonchev–Trinajstić information content (AvgIpc) is 3.25. The lowest BCUT2D eigenvalue weighted by Crippen LogP contribution is -2.15. The first-order chi connectivity index (χ1) is 10.6. The van der Waals surface area contributed by atoms with E-state index in [9.17, 15) is 4.79 Å². The minimum Gasteiger partial charge on any atom is -0.487 e. The maximum Gasteiger partial charge on any atom is 0.227 e. The van der Waals surface area contributed by atoms with Crippen LogP contribution in [0.3, 0.4) is 0 Å². The Morgan fingerprint density at radius 3 is 2.64 bits per heavy atom. The van der Waals surface area contributed by atoms with E-state index in [1.807, 2.05) is 55.5 Å². The van der Waals surface area contributed by atoms with Gasteiger partial charge >= 0.3 is 0 Å². The lowest BCUT2D eigenvalue weighted by molar-refractivity contribution is -0.117. The first-order valence-electron chi connectivity index (χ1n) is 7.72. The summed E-state index contributed by atoms with van der Waals surface area (Å²) in [7, 11) is 0. The third-order valence-corrected chi connectivity index (χ3v) is 4.08. The summed E-state index contributed by atoms with van der Waals surface area (Å²) in [5, 5.41) is 3.00. The molecule has 3 rings (SSSR count). The summed E-state index contributed by atoms with van der Waals surface area (Å²) >= 11 is 0. The number of ether oxygens (including phenoxy) is 1. The minimum atomic E-state index is 0.0981. The SMILES string of the molecule is Cc1ccc(NC(=O)[C@H]2C[C@H]2C)c(OCc2ccccc2)c1. The Balaban J connectivity index is 1.71.